The molecule has 0 bridgehead atoms. The zero-order valence-electron chi connectivity index (χ0n) is 14.5. The van der Waals surface area contributed by atoms with Crippen molar-refractivity contribution in [3.05, 3.63) is 47.3 Å². The summed E-state index contributed by atoms with van der Waals surface area (Å²) in [6.07, 6.45) is 6.92. The molecule has 0 radical (unpaired) electrons. The van der Waals surface area contributed by atoms with E-state index in [-0.39, 0.29) is 0 Å². The minimum absolute atomic E-state index is 0.407. The zero-order valence-corrected chi connectivity index (χ0v) is 14.5. The molecule has 0 spiro atoms. The Morgan fingerprint density at radius 2 is 2.17 bits per heavy atom. The first-order valence-electron chi connectivity index (χ1n) is 8.61. The number of hydrogen-bond acceptors (Lipinski definition) is 3. The maximum atomic E-state index is 5.76. The molecule has 0 saturated carbocycles. The predicted molar refractivity (Wildman–Crippen MR) is 93.0 cm³/mol. The van der Waals surface area contributed by atoms with Crippen LogP contribution in [-0.2, 0) is 11.3 Å². The van der Waals surface area contributed by atoms with Crippen LogP contribution >= 0.6 is 0 Å². The smallest absolute Gasteiger partial charge is 0.0702 e. The van der Waals surface area contributed by atoms with Gasteiger partial charge in [-0.1, -0.05) is 13.0 Å². The standard InChI is InChI=1S/C19H27N3O/c1-4-21(14-19-6-5-9-23-19)12-17-11-20-22(13-17)18-8-7-15(2)16(3)10-18/h7-8,10-11,13,19H,4-6,9,12,14H2,1-3H3/t19-/m0/s1. The fourth-order valence-electron chi connectivity index (χ4n) is 3.09. The number of rotatable bonds is 6. The van der Waals surface area contributed by atoms with E-state index >= 15 is 0 Å². The van der Waals surface area contributed by atoms with Crippen molar-refractivity contribution in [2.24, 2.45) is 0 Å². The molecule has 4 nitrogen and oxygen atoms in total. The van der Waals surface area contributed by atoms with Crippen LogP contribution in [0.1, 0.15) is 36.5 Å². The van der Waals surface area contributed by atoms with E-state index in [1.807, 2.05) is 10.9 Å². The van der Waals surface area contributed by atoms with Crippen molar-refractivity contribution in [3.8, 4) is 5.69 Å². The maximum absolute atomic E-state index is 5.76. The van der Waals surface area contributed by atoms with Gasteiger partial charge in [0.15, 0.2) is 0 Å². The van der Waals surface area contributed by atoms with Gasteiger partial charge in [-0.05, 0) is 56.5 Å². The highest BCUT2D eigenvalue weighted by Crippen LogP contribution is 2.17. The molecule has 2 aromatic rings. The second-order valence-electron chi connectivity index (χ2n) is 6.52. The van der Waals surface area contributed by atoms with Crippen molar-refractivity contribution in [3.63, 3.8) is 0 Å². The molecule has 0 N–H and O–H groups in total. The molecule has 23 heavy (non-hydrogen) atoms. The number of aromatic nitrogens is 2. The van der Waals surface area contributed by atoms with E-state index in [4.69, 9.17) is 4.74 Å². The van der Waals surface area contributed by atoms with Gasteiger partial charge in [0.2, 0.25) is 0 Å². The number of nitrogens with zero attached hydrogens (tertiary/aromatic N) is 3. The first kappa shape index (κ1) is 16.2. The molecular weight excluding hydrogens is 286 g/mol. The van der Waals surface area contributed by atoms with Gasteiger partial charge in [-0.2, -0.15) is 5.10 Å². The average Bonchev–Trinajstić information content (AvgIpc) is 3.21. The topological polar surface area (TPSA) is 30.3 Å². The predicted octanol–water partition coefficient (Wildman–Crippen LogP) is 3.49. The highest BCUT2D eigenvalue weighted by Gasteiger charge is 2.18. The lowest BCUT2D eigenvalue weighted by Crippen LogP contribution is -2.31. The normalized spacial score (nSPS) is 18.0. The molecule has 4 heteroatoms. The Bertz CT molecular complexity index is 644. The minimum Gasteiger partial charge on any atom is -0.377 e. The summed E-state index contributed by atoms with van der Waals surface area (Å²) in [6, 6.07) is 6.47. The molecule has 124 valence electrons. The Hall–Kier alpha value is -1.65. The van der Waals surface area contributed by atoms with E-state index in [2.05, 4.69) is 55.2 Å². The Balaban J connectivity index is 1.66. The molecule has 3 rings (SSSR count). The molecule has 0 unspecified atom stereocenters. The third-order valence-corrected chi connectivity index (χ3v) is 4.73. The van der Waals surface area contributed by atoms with Crippen molar-refractivity contribution in [1.82, 2.24) is 14.7 Å². The SMILES string of the molecule is CCN(Cc1cnn(-c2ccc(C)c(C)c2)c1)C[C@@H]1CCCO1. The molecule has 0 amide bonds. The molecule has 1 aliphatic heterocycles. The van der Waals surface area contributed by atoms with Crippen molar-refractivity contribution in [2.45, 2.75) is 46.3 Å². The number of ether oxygens (including phenoxy) is 1. The van der Waals surface area contributed by atoms with Crippen LogP contribution in [0.15, 0.2) is 30.6 Å². The summed E-state index contributed by atoms with van der Waals surface area (Å²) >= 11 is 0. The third-order valence-electron chi connectivity index (χ3n) is 4.73. The average molecular weight is 313 g/mol. The van der Waals surface area contributed by atoms with Crippen molar-refractivity contribution in [1.29, 1.82) is 0 Å². The zero-order chi connectivity index (χ0) is 16.2. The summed E-state index contributed by atoms with van der Waals surface area (Å²) in [5, 5.41) is 4.54. The van der Waals surface area contributed by atoms with E-state index < -0.39 is 0 Å². The number of benzene rings is 1. The number of hydrogen-bond donors (Lipinski definition) is 0. The summed E-state index contributed by atoms with van der Waals surface area (Å²) < 4.78 is 7.73. The van der Waals surface area contributed by atoms with E-state index in [1.165, 1.54) is 29.5 Å². The van der Waals surface area contributed by atoms with Crippen molar-refractivity contribution >= 4 is 0 Å². The fourth-order valence-corrected chi connectivity index (χ4v) is 3.09. The number of aryl methyl sites for hydroxylation is 2. The van der Waals surface area contributed by atoms with Crippen LogP contribution in [0.25, 0.3) is 5.69 Å². The summed E-state index contributed by atoms with van der Waals surface area (Å²) in [5.41, 5.74) is 4.99. The van der Waals surface area contributed by atoms with Crippen LogP contribution in [0.3, 0.4) is 0 Å². The van der Waals surface area contributed by atoms with Crippen LogP contribution in [0, 0.1) is 13.8 Å². The summed E-state index contributed by atoms with van der Waals surface area (Å²) in [6.45, 7) is 10.4. The van der Waals surface area contributed by atoms with Gasteiger partial charge in [0, 0.05) is 31.5 Å². The van der Waals surface area contributed by atoms with Gasteiger partial charge < -0.3 is 4.74 Å². The maximum Gasteiger partial charge on any atom is 0.0702 e. The highest BCUT2D eigenvalue weighted by atomic mass is 16.5. The molecule has 1 fully saturated rings. The first-order chi connectivity index (χ1) is 11.2. The second-order valence-corrected chi connectivity index (χ2v) is 6.52. The van der Waals surface area contributed by atoms with E-state index in [0.717, 1.165) is 31.9 Å². The van der Waals surface area contributed by atoms with Crippen LogP contribution in [0.2, 0.25) is 0 Å². The molecule has 1 aliphatic rings. The van der Waals surface area contributed by atoms with Gasteiger partial charge in [0.1, 0.15) is 0 Å². The Kier molecular flexibility index (Phi) is 5.13. The Labute approximate surface area is 139 Å². The largest absolute Gasteiger partial charge is 0.377 e. The minimum atomic E-state index is 0.407. The lowest BCUT2D eigenvalue weighted by molar-refractivity contribution is 0.0725. The molecule has 2 heterocycles. The summed E-state index contributed by atoms with van der Waals surface area (Å²) in [5.74, 6) is 0. The summed E-state index contributed by atoms with van der Waals surface area (Å²) in [7, 11) is 0. The lowest BCUT2D eigenvalue weighted by atomic mass is 10.1. The van der Waals surface area contributed by atoms with Crippen LogP contribution < -0.4 is 0 Å². The van der Waals surface area contributed by atoms with Gasteiger partial charge in [0.05, 0.1) is 18.0 Å². The highest BCUT2D eigenvalue weighted by molar-refractivity contribution is 5.39. The quantitative estimate of drug-likeness (QED) is 0.818. The van der Waals surface area contributed by atoms with Crippen LogP contribution in [-0.4, -0.2) is 40.5 Å². The molecule has 1 saturated heterocycles. The van der Waals surface area contributed by atoms with E-state index in [0.29, 0.717) is 6.10 Å². The number of likely N-dealkylation sites (N-methyl/N-ethyl adjacent to an activating group) is 1. The lowest BCUT2D eigenvalue weighted by Gasteiger charge is -2.22. The monoisotopic (exact) mass is 313 g/mol. The van der Waals surface area contributed by atoms with Gasteiger partial charge in [0.25, 0.3) is 0 Å². The van der Waals surface area contributed by atoms with E-state index in [9.17, 15) is 0 Å². The summed E-state index contributed by atoms with van der Waals surface area (Å²) in [4.78, 5) is 2.44. The third kappa shape index (κ3) is 4.01. The van der Waals surface area contributed by atoms with Gasteiger partial charge in [-0.15, -0.1) is 0 Å². The Morgan fingerprint density at radius 1 is 1.30 bits per heavy atom. The van der Waals surface area contributed by atoms with Crippen LogP contribution in [0.4, 0.5) is 0 Å². The Morgan fingerprint density at radius 3 is 2.87 bits per heavy atom. The molecule has 1 aromatic carbocycles. The molecule has 1 atom stereocenters. The fraction of sp³-hybridized carbons (Fsp3) is 0.526. The molecular formula is C19H27N3O. The van der Waals surface area contributed by atoms with Gasteiger partial charge in [-0.25, -0.2) is 4.68 Å². The van der Waals surface area contributed by atoms with E-state index in [1.54, 1.807) is 0 Å². The van der Waals surface area contributed by atoms with Gasteiger partial charge in [-0.3, -0.25) is 4.90 Å². The molecule has 1 aromatic heterocycles. The second kappa shape index (κ2) is 7.28. The van der Waals surface area contributed by atoms with Crippen molar-refractivity contribution < 1.29 is 4.74 Å². The van der Waals surface area contributed by atoms with Gasteiger partial charge >= 0.3 is 0 Å². The first-order valence-corrected chi connectivity index (χ1v) is 8.61. The van der Waals surface area contributed by atoms with Crippen LogP contribution in [0.5, 0.6) is 0 Å². The molecule has 0 aliphatic carbocycles. The van der Waals surface area contributed by atoms with Crippen molar-refractivity contribution in [2.75, 3.05) is 19.7 Å².